The van der Waals surface area contributed by atoms with Gasteiger partial charge in [-0.15, -0.1) is 0 Å². The van der Waals surface area contributed by atoms with Crippen LogP contribution in [0.25, 0.3) is 21.8 Å². The third-order valence-electron chi connectivity index (χ3n) is 4.97. The second-order valence-corrected chi connectivity index (χ2v) is 7.71. The molecule has 1 unspecified atom stereocenters. The molecule has 0 bridgehead atoms. The largest absolute Gasteiger partial charge is 0.493 e. The van der Waals surface area contributed by atoms with Gasteiger partial charge in [0, 0.05) is 29.7 Å². The lowest BCUT2D eigenvalue weighted by Gasteiger charge is -2.18. The molecular formula is C23H26N4O4. The zero-order chi connectivity index (χ0) is 22.0. The molecule has 4 aromatic rings. The molecule has 2 heterocycles. The van der Waals surface area contributed by atoms with Crippen molar-refractivity contribution in [3.63, 3.8) is 0 Å². The van der Waals surface area contributed by atoms with E-state index < -0.39 is 6.10 Å². The van der Waals surface area contributed by atoms with Gasteiger partial charge in [0.25, 0.3) is 0 Å². The van der Waals surface area contributed by atoms with Gasteiger partial charge >= 0.3 is 0 Å². The second-order valence-electron chi connectivity index (χ2n) is 7.71. The average Bonchev–Trinajstić information content (AvgIpc) is 3.11. The van der Waals surface area contributed by atoms with Gasteiger partial charge in [-0.2, -0.15) is 0 Å². The van der Waals surface area contributed by atoms with Crippen LogP contribution in [0.3, 0.4) is 0 Å². The maximum atomic E-state index is 10.1. The Balaban J connectivity index is 1.63. The summed E-state index contributed by atoms with van der Waals surface area (Å²) in [4.78, 5) is 13.8. The Labute approximate surface area is 180 Å². The number of rotatable bonds is 8. The fraction of sp³-hybridized carbons (Fsp3) is 0.304. The predicted octanol–water partition coefficient (Wildman–Crippen LogP) is 3.52. The number of aromatic amines is 1. The molecule has 2 N–H and O–H groups in total. The van der Waals surface area contributed by atoms with Crippen LogP contribution < -0.4 is 14.2 Å². The van der Waals surface area contributed by atoms with Gasteiger partial charge in [-0.25, -0.2) is 9.97 Å². The summed E-state index contributed by atoms with van der Waals surface area (Å²) in [5.41, 5.74) is 2.85. The maximum absolute atomic E-state index is 10.1. The van der Waals surface area contributed by atoms with E-state index in [0.717, 1.165) is 16.5 Å². The van der Waals surface area contributed by atoms with Crippen LogP contribution >= 0.6 is 0 Å². The summed E-state index contributed by atoms with van der Waals surface area (Å²) in [6, 6.07) is 9.42. The van der Waals surface area contributed by atoms with Crippen LogP contribution in [0.2, 0.25) is 0 Å². The topological polar surface area (TPSA) is 92.7 Å². The summed E-state index contributed by atoms with van der Waals surface area (Å²) < 4.78 is 17.4. The Morgan fingerprint density at radius 2 is 1.94 bits per heavy atom. The number of H-pyrrole nitrogens is 1. The quantitative estimate of drug-likeness (QED) is 0.449. The van der Waals surface area contributed by atoms with Crippen molar-refractivity contribution in [3.8, 4) is 23.1 Å². The first-order valence-corrected chi connectivity index (χ1v) is 9.98. The number of benzene rings is 2. The van der Waals surface area contributed by atoms with Gasteiger partial charge in [0.2, 0.25) is 5.88 Å². The lowest BCUT2D eigenvalue weighted by molar-refractivity contribution is 0.0819. The van der Waals surface area contributed by atoms with Crippen molar-refractivity contribution in [2.24, 2.45) is 0 Å². The summed E-state index contributed by atoms with van der Waals surface area (Å²) in [6.45, 7) is 2.69. The lowest BCUT2D eigenvalue weighted by atomic mass is 10.2. The molecule has 0 amide bonds. The van der Waals surface area contributed by atoms with Crippen LogP contribution in [0.15, 0.2) is 42.9 Å². The van der Waals surface area contributed by atoms with Crippen LogP contribution in [-0.4, -0.2) is 65.4 Å². The highest BCUT2D eigenvalue weighted by Crippen LogP contribution is 2.36. The van der Waals surface area contributed by atoms with E-state index in [-0.39, 0.29) is 6.61 Å². The van der Waals surface area contributed by atoms with E-state index in [1.54, 1.807) is 19.2 Å². The van der Waals surface area contributed by atoms with Crippen molar-refractivity contribution >= 4 is 21.8 Å². The summed E-state index contributed by atoms with van der Waals surface area (Å²) in [5, 5.41) is 11.9. The molecule has 0 saturated heterocycles. The third-order valence-corrected chi connectivity index (χ3v) is 4.97. The minimum absolute atomic E-state index is 0.143. The SMILES string of the molecule is COc1cc2c(Oc3ccc4[nH]cc(C)c4c3)ncnc2cc1OCC(O)CN(C)C. The van der Waals surface area contributed by atoms with Gasteiger partial charge in [-0.3, -0.25) is 0 Å². The van der Waals surface area contributed by atoms with E-state index in [2.05, 4.69) is 15.0 Å². The third kappa shape index (κ3) is 4.55. The first-order valence-electron chi connectivity index (χ1n) is 9.98. The van der Waals surface area contributed by atoms with E-state index in [1.807, 2.05) is 50.3 Å². The second kappa shape index (κ2) is 8.79. The molecule has 31 heavy (non-hydrogen) atoms. The minimum atomic E-state index is -0.619. The molecule has 162 valence electrons. The van der Waals surface area contributed by atoms with Crippen LogP contribution in [0.1, 0.15) is 5.56 Å². The molecule has 0 aliphatic rings. The normalized spacial score (nSPS) is 12.5. The monoisotopic (exact) mass is 422 g/mol. The number of hydrogen-bond acceptors (Lipinski definition) is 7. The molecule has 0 saturated carbocycles. The van der Waals surface area contributed by atoms with Crippen LogP contribution in [-0.2, 0) is 0 Å². The Morgan fingerprint density at radius 1 is 1.10 bits per heavy atom. The highest BCUT2D eigenvalue weighted by Gasteiger charge is 2.15. The highest BCUT2D eigenvalue weighted by atomic mass is 16.5. The van der Waals surface area contributed by atoms with Gasteiger partial charge in [0.05, 0.1) is 18.0 Å². The van der Waals surface area contributed by atoms with Crippen molar-refractivity contribution in [2.75, 3.05) is 34.4 Å². The van der Waals surface area contributed by atoms with E-state index >= 15 is 0 Å². The molecule has 2 aromatic heterocycles. The van der Waals surface area contributed by atoms with Gasteiger partial charge in [-0.05, 0) is 50.8 Å². The van der Waals surface area contributed by atoms with Crippen LogP contribution in [0, 0.1) is 6.92 Å². The van der Waals surface area contributed by atoms with E-state index in [1.165, 1.54) is 6.33 Å². The van der Waals surface area contributed by atoms with Crippen molar-refractivity contribution < 1.29 is 19.3 Å². The summed E-state index contributed by atoms with van der Waals surface area (Å²) in [7, 11) is 5.36. The van der Waals surface area contributed by atoms with E-state index in [4.69, 9.17) is 14.2 Å². The van der Waals surface area contributed by atoms with Gasteiger partial charge in [0.15, 0.2) is 11.5 Å². The number of nitrogens with zero attached hydrogens (tertiary/aromatic N) is 3. The number of ether oxygens (including phenoxy) is 3. The fourth-order valence-electron chi connectivity index (χ4n) is 3.47. The number of fused-ring (bicyclic) bond motifs is 2. The lowest BCUT2D eigenvalue weighted by Crippen LogP contribution is -2.30. The van der Waals surface area contributed by atoms with E-state index in [9.17, 15) is 5.11 Å². The fourth-order valence-corrected chi connectivity index (χ4v) is 3.47. The Bertz CT molecular complexity index is 1210. The minimum Gasteiger partial charge on any atom is -0.493 e. The summed E-state index contributed by atoms with van der Waals surface area (Å²) >= 11 is 0. The Morgan fingerprint density at radius 3 is 2.71 bits per heavy atom. The number of aromatic nitrogens is 3. The van der Waals surface area contributed by atoms with Crippen LogP contribution in [0.5, 0.6) is 23.1 Å². The van der Waals surface area contributed by atoms with Gasteiger partial charge < -0.3 is 29.2 Å². The Hall–Kier alpha value is -3.36. The molecule has 1 atom stereocenters. The first kappa shape index (κ1) is 20.9. The number of nitrogens with one attached hydrogen (secondary N) is 1. The Kier molecular flexibility index (Phi) is 5.92. The van der Waals surface area contributed by atoms with Crippen LogP contribution in [0.4, 0.5) is 0 Å². The molecule has 8 nitrogen and oxygen atoms in total. The molecule has 0 fully saturated rings. The molecule has 4 rings (SSSR count). The summed E-state index contributed by atoms with van der Waals surface area (Å²) in [6.07, 6.45) is 2.80. The number of aliphatic hydroxyl groups excluding tert-OH is 1. The van der Waals surface area contributed by atoms with Crippen molar-refractivity contribution in [1.82, 2.24) is 19.9 Å². The zero-order valence-electron chi connectivity index (χ0n) is 18.0. The number of methoxy groups -OCH3 is 1. The number of hydrogen-bond donors (Lipinski definition) is 2. The van der Waals surface area contributed by atoms with Crippen molar-refractivity contribution in [3.05, 3.63) is 48.4 Å². The highest BCUT2D eigenvalue weighted by molar-refractivity contribution is 5.88. The molecule has 0 aliphatic heterocycles. The molecule has 2 aromatic carbocycles. The number of aryl methyl sites for hydroxylation is 1. The maximum Gasteiger partial charge on any atom is 0.230 e. The number of likely N-dealkylation sites (N-methyl/N-ethyl adjacent to an activating group) is 1. The van der Waals surface area contributed by atoms with Crippen molar-refractivity contribution in [1.29, 1.82) is 0 Å². The van der Waals surface area contributed by atoms with Gasteiger partial charge in [0.1, 0.15) is 24.8 Å². The predicted molar refractivity (Wildman–Crippen MR) is 119 cm³/mol. The smallest absolute Gasteiger partial charge is 0.230 e. The first-order chi connectivity index (χ1) is 14.9. The molecule has 0 radical (unpaired) electrons. The average molecular weight is 422 g/mol. The summed E-state index contributed by atoms with van der Waals surface area (Å²) in [5.74, 6) is 2.12. The standard InChI is InChI=1S/C23H26N4O4/c1-14-10-24-19-6-5-16(7-17(14)19)31-23-18-8-21(29-4)22(9-20(18)25-13-26-23)30-12-15(28)11-27(2)3/h5-10,13,15,24,28H,11-12H2,1-4H3. The van der Waals surface area contributed by atoms with Crippen molar-refractivity contribution in [2.45, 2.75) is 13.0 Å². The molecule has 0 aliphatic carbocycles. The van der Waals surface area contributed by atoms with E-state index in [0.29, 0.717) is 40.6 Å². The molecule has 0 spiro atoms. The molecule has 8 heteroatoms. The van der Waals surface area contributed by atoms with Gasteiger partial charge in [-0.1, -0.05) is 0 Å². The molecular weight excluding hydrogens is 396 g/mol. The zero-order valence-corrected chi connectivity index (χ0v) is 18.0. The number of aliphatic hydroxyl groups is 1.